The molecule has 0 aromatic carbocycles. The molecular weight excluding hydrogens is 216 g/mol. The van der Waals surface area contributed by atoms with Gasteiger partial charge in [-0.05, 0) is 40.0 Å². The summed E-state index contributed by atoms with van der Waals surface area (Å²) in [6, 6.07) is 0. The van der Waals surface area contributed by atoms with Crippen molar-refractivity contribution in [3.63, 3.8) is 0 Å². The van der Waals surface area contributed by atoms with Crippen molar-refractivity contribution in [2.45, 2.75) is 58.0 Å². The van der Waals surface area contributed by atoms with E-state index in [-0.39, 0.29) is 11.8 Å². The normalized spacial score (nSPS) is 26.9. The Kier molecular flexibility index (Phi) is 2.71. The van der Waals surface area contributed by atoms with Crippen LogP contribution in [0.15, 0.2) is 0 Å². The minimum atomic E-state index is -0.768. The first-order valence-corrected chi connectivity index (χ1v) is 6.40. The Morgan fingerprint density at radius 3 is 2.35 bits per heavy atom. The molecule has 1 aliphatic carbocycles. The van der Waals surface area contributed by atoms with Gasteiger partial charge in [0.2, 0.25) is 11.8 Å². The van der Waals surface area contributed by atoms with Gasteiger partial charge in [-0.25, -0.2) is 0 Å². The van der Waals surface area contributed by atoms with E-state index in [1.54, 1.807) is 18.7 Å². The highest BCUT2D eigenvalue weighted by atomic mass is 16.2. The quantitative estimate of drug-likeness (QED) is 0.805. The van der Waals surface area contributed by atoms with Crippen LogP contribution in [0.2, 0.25) is 0 Å². The summed E-state index contributed by atoms with van der Waals surface area (Å²) in [6.07, 6.45) is 3.58. The van der Waals surface area contributed by atoms with Crippen molar-refractivity contribution in [2.24, 2.45) is 5.92 Å². The van der Waals surface area contributed by atoms with E-state index in [4.69, 9.17) is 0 Å². The highest BCUT2D eigenvalue weighted by molar-refractivity contribution is 6.01. The van der Waals surface area contributed by atoms with Crippen molar-refractivity contribution in [1.29, 1.82) is 0 Å². The lowest BCUT2D eigenvalue weighted by Gasteiger charge is -2.47. The summed E-state index contributed by atoms with van der Waals surface area (Å²) in [4.78, 5) is 26.1. The van der Waals surface area contributed by atoms with Crippen LogP contribution >= 0.6 is 0 Å². The fourth-order valence-corrected chi connectivity index (χ4v) is 2.30. The topological polar surface area (TPSA) is 49.4 Å². The minimum Gasteiger partial charge on any atom is -0.340 e. The Morgan fingerprint density at radius 2 is 1.82 bits per heavy atom. The maximum Gasteiger partial charge on any atom is 0.248 e. The van der Waals surface area contributed by atoms with Crippen LogP contribution in [0.4, 0.5) is 0 Å². The average Bonchev–Trinajstić information content (AvgIpc) is 2.98. The van der Waals surface area contributed by atoms with Crippen LogP contribution in [0.5, 0.6) is 0 Å². The lowest BCUT2D eigenvalue weighted by molar-refractivity contribution is -0.159. The number of rotatable bonds is 3. The first-order valence-electron chi connectivity index (χ1n) is 6.40. The van der Waals surface area contributed by atoms with Crippen molar-refractivity contribution in [2.75, 3.05) is 6.54 Å². The molecule has 1 saturated heterocycles. The first kappa shape index (κ1) is 12.4. The summed E-state index contributed by atoms with van der Waals surface area (Å²) >= 11 is 0. The fraction of sp³-hybridized carbons (Fsp3) is 0.846. The Hall–Kier alpha value is -1.06. The molecule has 0 spiro atoms. The molecule has 1 saturated carbocycles. The van der Waals surface area contributed by atoms with Gasteiger partial charge in [0.15, 0.2) is 0 Å². The molecule has 4 nitrogen and oxygen atoms in total. The molecule has 2 amide bonds. The second-order valence-corrected chi connectivity index (χ2v) is 6.33. The number of amides is 2. The minimum absolute atomic E-state index is 0.0303. The number of hydrogen-bond donors (Lipinski definition) is 1. The second kappa shape index (κ2) is 3.72. The Morgan fingerprint density at radius 1 is 1.24 bits per heavy atom. The van der Waals surface area contributed by atoms with Crippen molar-refractivity contribution >= 4 is 11.8 Å². The third-order valence-corrected chi connectivity index (χ3v) is 3.89. The largest absolute Gasteiger partial charge is 0.340 e. The van der Waals surface area contributed by atoms with E-state index >= 15 is 0 Å². The number of piperazine rings is 1. The van der Waals surface area contributed by atoms with Crippen molar-refractivity contribution in [3.05, 3.63) is 0 Å². The van der Waals surface area contributed by atoms with Gasteiger partial charge in [0.05, 0.1) is 0 Å². The molecule has 0 unspecified atom stereocenters. The maximum absolute atomic E-state index is 12.4. The van der Waals surface area contributed by atoms with Crippen molar-refractivity contribution < 1.29 is 9.59 Å². The SMILES string of the molecule is CC1(C)NC(=O)C(C)(C)N(CCC2CC2)C1=O. The summed E-state index contributed by atoms with van der Waals surface area (Å²) in [5.74, 6) is 0.743. The molecule has 0 bridgehead atoms. The smallest absolute Gasteiger partial charge is 0.248 e. The van der Waals surface area contributed by atoms with Gasteiger partial charge in [-0.15, -0.1) is 0 Å². The van der Waals surface area contributed by atoms with E-state index in [2.05, 4.69) is 5.32 Å². The van der Waals surface area contributed by atoms with E-state index in [1.165, 1.54) is 12.8 Å². The molecule has 1 N–H and O–H groups in total. The zero-order chi connectivity index (χ0) is 12.8. The van der Waals surface area contributed by atoms with Crippen LogP contribution in [0.3, 0.4) is 0 Å². The molecule has 4 heteroatoms. The lowest BCUT2D eigenvalue weighted by Crippen LogP contribution is -2.72. The van der Waals surface area contributed by atoms with Gasteiger partial charge in [0.1, 0.15) is 11.1 Å². The molecule has 0 radical (unpaired) electrons. The Bertz CT molecular complexity index is 356. The standard InChI is InChI=1S/C13H22N2O2/c1-12(2)11(17)15(8-7-9-5-6-9)13(3,4)10(16)14-12/h9H,5-8H2,1-4H3,(H,14,16). The number of nitrogens with zero attached hydrogens (tertiary/aromatic N) is 1. The third-order valence-electron chi connectivity index (χ3n) is 3.89. The zero-order valence-corrected chi connectivity index (χ0v) is 11.2. The molecule has 0 aromatic heterocycles. The van der Waals surface area contributed by atoms with Gasteiger partial charge in [0, 0.05) is 6.54 Å². The van der Waals surface area contributed by atoms with Crippen molar-refractivity contribution in [1.82, 2.24) is 10.2 Å². The van der Waals surface area contributed by atoms with Gasteiger partial charge >= 0.3 is 0 Å². The molecule has 2 fully saturated rings. The molecule has 1 aliphatic heterocycles. The monoisotopic (exact) mass is 238 g/mol. The molecular formula is C13H22N2O2. The molecule has 0 atom stereocenters. The number of hydrogen-bond acceptors (Lipinski definition) is 2. The van der Waals surface area contributed by atoms with E-state index < -0.39 is 11.1 Å². The van der Waals surface area contributed by atoms with E-state index in [0.717, 1.165) is 12.3 Å². The first-order chi connectivity index (χ1) is 7.75. The number of nitrogens with one attached hydrogen (secondary N) is 1. The van der Waals surface area contributed by atoms with Crippen LogP contribution in [-0.4, -0.2) is 34.3 Å². The molecule has 17 heavy (non-hydrogen) atoms. The third kappa shape index (κ3) is 2.17. The fourth-order valence-electron chi connectivity index (χ4n) is 2.30. The summed E-state index contributed by atoms with van der Waals surface area (Å²) in [5, 5.41) is 2.80. The van der Waals surface area contributed by atoms with Gasteiger partial charge in [-0.1, -0.05) is 12.8 Å². The highest BCUT2D eigenvalue weighted by Crippen LogP contribution is 2.34. The predicted octanol–water partition coefficient (Wildman–Crippen LogP) is 1.30. The molecule has 2 aliphatic rings. The van der Waals surface area contributed by atoms with Crippen LogP contribution < -0.4 is 5.32 Å². The average molecular weight is 238 g/mol. The van der Waals surface area contributed by atoms with Gasteiger partial charge in [-0.3, -0.25) is 9.59 Å². The van der Waals surface area contributed by atoms with Crippen LogP contribution in [0, 0.1) is 5.92 Å². The number of carbonyl (C=O) groups is 2. The summed E-state index contributed by atoms with van der Waals surface area (Å²) < 4.78 is 0. The van der Waals surface area contributed by atoms with Gasteiger partial charge in [0.25, 0.3) is 0 Å². The maximum atomic E-state index is 12.4. The Balaban J connectivity index is 2.16. The van der Waals surface area contributed by atoms with E-state index in [0.29, 0.717) is 6.54 Å². The van der Waals surface area contributed by atoms with Crippen LogP contribution in [0.1, 0.15) is 47.0 Å². The molecule has 2 rings (SSSR count). The highest BCUT2D eigenvalue weighted by Gasteiger charge is 2.49. The molecule has 96 valence electrons. The Labute approximate surface area is 103 Å². The second-order valence-electron chi connectivity index (χ2n) is 6.33. The molecule has 1 heterocycles. The lowest BCUT2D eigenvalue weighted by atomic mass is 9.89. The van der Waals surface area contributed by atoms with Crippen LogP contribution in [0.25, 0.3) is 0 Å². The van der Waals surface area contributed by atoms with Gasteiger partial charge in [-0.2, -0.15) is 0 Å². The summed E-state index contributed by atoms with van der Waals surface area (Å²) in [7, 11) is 0. The number of carbonyl (C=O) groups excluding carboxylic acids is 2. The van der Waals surface area contributed by atoms with Crippen molar-refractivity contribution in [3.8, 4) is 0 Å². The van der Waals surface area contributed by atoms with E-state index in [9.17, 15) is 9.59 Å². The van der Waals surface area contributed by atoms with Gasteiger partial charge < -0.3 is 10.2 Å². The summed E-state index contributed by atoms with van der Waals surface area (Å²) in [5.41, 5.74) is -1.49. The zero-order valence-electron chi connectivity index (χ0n) is 11.2. The summed E-state index contributed by atoms with van der Waals surface area (Å²) in [6.45, 7) is 7.89. The molecule has 0 aromatic rings. The predicted molar refractivity (Wildman–Crippen MR) is 65.4 cm³/mol. The van der Waals surface area contributed by atoms with E-state index in [1.807, 2.05) is 13.8 Å². The van der Waals surface area contributed by atoms with Crippen LogP contribution in [-0.2, 0) is 9.59 Å².